The largest absolute Gasteiger partial charge is 0.307 e. The zero-order chi connectivity index (χ0) is 20.7. The van der Waals surface area contributed by atoms with E-state index in [0.717, 1.165) is 30.5 Å². The molecule has 0 saturated heterocycles. The second-order valence-electron chi connectivity index (χ2n) is 8.39. The van der Waals surface area contributed by atoms with Gasteiger partial charge >= 0.3 is 0 Å². The molecule has 0 spiro atoms. The first-order chi connectivity index (χ1) is 13.6. The van der Waals surface area contributed by atoms with Gasteiger partial charge in [0.1, 0.15) is 6.54 Å². The summed E-state index contributed by atoms with van der Waals surface area (Å²) in [4.78, 5) is 16.3. The van der Waals surface area contributed by atoms with Gasteiger partial charge in [0.05, 0.1) is 13.1 Å². The average Bonchev–Trinajstić information content (AvgIpc) is 3.09. The predicted octanol–water partition coefficient (Wildman–Crippen LogP) is 5.97. The van der Waals surface area contributed by atoms with Crippen LogP contribution in [0.3, 0.4) is 0 Å². The van der Waals surface area contributed by atoms with Crippen LogP contribution in [0, 0.1) is 0 Å². The maximum Gasteiger partial charge on any atom is 0.221 e. The molecule has 28 heavy (non-hydrogen) atoms. The molecule has 4 heteroatoms. The molecule has 0 aromatic carbocycles. The van der Waals surface area contributed by atoms with E-state index < -0.39 is 0 Å². The zero-order valence-corrected chi connectivity index (χ0v) is 19.1. The number of hydrogen-bond acceptors (Lipinski definition) is 2. The van der Waals surface area contributed by atoms with Crippen molar-refractivity contribution in [1.82, 2.24) is 5.32 Å². The molecule has 0 aliphatic carbocycles. The van der Waals surface area contributed by atoms with Crippen LogP contribution < -0.4 is 5.32 Å². The van der Waals surface area contributed by atoms with Gasteiger partial charge in [0, 0.05) is 20.3 Å². The van der Waals surface area contributed by atoms with Crippen molar-refractivity contribution in [3.8, 4) is 0 Å². The summed E-state index contributed by atoms with van der Waals surface area (Å²) in [7, 11) is 0. The van der Waals surface area contributed by atoms with Gasteiger partial charge in [-0.2, -0.15) is 0 Å². The van der Waals surface area contributed by atoms with Gasteiger partial charge in [-0.1, -0.05) is 63.5 Å². The molecule has 1 aliphatic heterocycles. The molecule has 1 rings (SSSR count). The minimum Gasteiger partial charge on any atom is -0.307 e. The highest BCUT2D eigenvalue weighted by Crippen LogP contribution is 2.23. The van der Waals surface area contributed by atoms with Crippen molar-refractivity contribution in [2.24, 2.45) is 4.99 Å². The number of carbonyl (C=O) groups is 1. The number of quaternary nitrogens is 1. The summed E-state index contributed by atoms with van der Waals surface area (Å²) in [5.74, 6) is 1.36. The third-order valence-corrected chi connectivity index (χ3v) is 6.28. The molecule has 0 fully saturated rings. The van der Waals surface area contributed by atoms with Crippen LogP contribution in [0.4, 0.5) is 0 Å². The van der Waals surface area contributed by atoms with E-state index in [2.05, 4.69) is 38.2 Å². The van der Waals surface area contributed by atoms with Crippen LogP contribution in [0.25, 0.3) is 0 Å². The second-order valence-corrected chi connectivity index (χ2v) is 8.39. The summed E-state index contributed by atoms with van der Waals surface area (Å²) in [5, 5.41) is 3.10. The molecule has 2 atom stereocenters. The zero-order valence-electron chi connectivity index (χ0n) is 19.1. The van der Waals surface area contributed by atoms with Gasteiger partial charge < -0.3 is 5.32 Å². The number of aliphatic imine (C=N–C) groups is 1. The van der Waals surface area contributed by atoms with Crippen molar-refractivity contribution < 1.29 is 9.28 Å². The van der Waals surface area contributed by atoms with Crippen LogP contribution in [-0.2, 0) is 4.79 Å². The molecule has 0 radical (unpaired) electrons. The third-order valence-electron chi connectivity index (χ3n) is 6.28. The second kappa shape index (κ2) is 14.8. The molecule has 0 bridgehead atoms. The quantitative estimate of drug-likeness (QED) is 0.196. The smallest absolute Gasteiger partial charge is 0.221 e. The summed E-state index contributed by atoms with van der Waals surface area (Å²) in [5.41, 5.74) is 0. The monoisotopic (exact) mass is 392 g/mol. The maximum absolute atomic E-state index is 11.5. The van der Waals surface area contributed by atoms with Crippen molar-refractivity contribution in [3.63, 3.8) is 0 Å². The number of carbonyl (C=O) groups excluding carboxylic acids is 1. The minimum atomic E-state index is 0.0579. The lowest BCUT2D eigenvalue weighted by Crippen LogP contribution is -2.62. The SMILES string of the molecule is C/C=C/CCCCCCCCCCCCC1=NCC[N+]1(CC)C(C)NC(C)=O. The fourth-order valence-electron chi connectivity index (χ4n) is 4.50. The van der Waals surface area contributed by atoms with Crippen molar-refractivity contribution in [1.29, 1.82) is 0 Å². The fraction of sp³-hybridized carbons (Fsp3) is 0.833. The number of amides is 1. The van der Waals surface area contributed by atoms with E-state index in [-0.39, 0.29) is 12.1 Å². The molecular weight excluding hydrogens is 346 g/mol. The maximum atomic E-state index is 11.5. The molecule has 1 amide bonds. The van der Waals surface area contributed by atoms with Crippen LogP contribution >= 0.6 is 0 Å². The fourth-order valence-corrected chi connectivity index (χ4v) is 4.50. The molecule has 4 nitrogen and oxygen atoms in total. The van der Waals surface area contributed by atoms with Gasteiger partial charge in [-0.05, 0) is 33.1 Å². The number of nitrogens with zero attached hydrogens (tertiary/aromatic N) is 2. The molecular formula is C24H46N3O+. The molecule has 1 N–H and O–H groups in total. The van der Waals surface area contributed by atoms with Crippen LogP contribution in [-0.4, -0.2) is 42.0 Å². The molecule has 2 unspecified atom stereocenters. The third kappa shape index (κ3) is 8.89. The van der Waals surface area contributed by atoms with Crippen LogP contribution in [0.5, 0.6) is 0 Å². The van der Waals surface area contributed by atoms with E-state index in [1.54, 1.807) is 6.92 Å². The first-order valence-corrected chi connectivity index (χ1v) is 11.9. The molecule has 0 saturated carbocycles. The summed E-state index contributed by atoms with van der Waals surface area (Å²) < 4.78 is 0.855. The Hall–Kier alpha value is -1.16. The molecule has 0 aromatic rings. The molecule has 1 aliphatic rings. The van der Waals surface area contributed by atoms with Gasteiger partial charge in [0.2, 0.25) is 5.91 Å². The van der Waals surface area contributed by atoms with E-state index in [0.29, 0.717) is 0 Å². The van der Waals surface area contributed by atoms with Gasteiger partial charge in [0.25, 0.3) is 0 Å². The Balaban J connectivity index is 2.11. The number of likely N-dealkylation sites (N-methyl/N-ethyl adjacent to an activating group) is 1. The highest BCUT2D eigenvalue weighted by molar-refractivity contribution is 5.78. The van der Waals surface area contributed by atoms with Crippen molar-refractivity contribution in [3.05, 3.63) is 12.2 Å². The topological polar surface area (TPSA) is 41.5 Å². The van der Waals surface area contributed by atoms with Crippen molar-refractivity contribution in [2.75, 3.05) is 19.6 Å². The van der Waals surface area contributed by atoms with E-state index in [4.69, 9.17) is 4.99 Å². The molecule has 1 heterocycles. The van der Waals surface area contributed by atoms with Gasteiger partial charge in [-0.25, -0.2) is 4.99 Å². The predicted molar refractivity (Wildman–Crippen MR) is 121 cm³/mol. The highest BCUT2D eigenvalue weighted by atomic mass is 16.1. The van der Waals surface area contributed by atoms with Crippen LogP contribution in [0.2, 0.25) is 0 Å². The van der Waals surface area contributed by atoms with E-state index >= 15 is 0 Å². The number of nitrogens with one attached hydrogen (secondary N) is 1. The first kappa shape index (κ1) is 24.9. The Morgan fingerprint density at radius 3 is 2.18 bits per heavy atom. The normalized spacial score (nSPS) is 20.5. The Morgan fingerprint density at radius 2 is 1.64 bits per heavy atom. The lowest BCUT2D eigenvalue weighted by Gasteiger charge is -2.39. The Morgan fingerprint density at radius 1 is 1.07 bits per heavy atom. The number of amidine groups is 1. The molecule has 0 aromatic heterocycles. The van der Waals surface area contributed by atoms with E-state index in [1.807, 2.05) is 0 Å². The summed E-state index contributed by atoms with van der Waals surface area (Å²) in [6, 6.07) is 0. The average molecular weight is 393 g/mol. The van der Waals surface area contributed by atoms with Gasteiger partial charge in [-0.15, -0.1) is 0 Å². The van der Waals surface area contributed by atoms with Crippen molar-refractivity contribution in [2.45, 2.75) is 111 Å². The Kier molecular flexibility index (Phi) is 13.1. The lowest BCUT2D eigenvalue weighted by molar-refractivity contribution is -0.861. The Labute approximate surface area is 174 Å². The Bertz CT molecular complexity index is 486. The van der Waals surface area contributed by atoms with Crippen LogP contribution in [0.15, 0.2) is 17.1 Å². The number of allylic oxidation sites excluding steroid dienone is 2. The summed E-state index contributed by atoms with van der Waals surface area (Å²) in [6.45, 7) is 11.0. The van der Waals surface area contributed by atoms with E-state index in [1.165, 1.54) is 76.5 Å². The number of unbranched alkanes of at least 4 members (excludes halogenated alkanes) is 10. The number of hydrogen-bond donors (Lipinski definition) is 1. The summed E-state index contributed by atoms with van der Waals surface area (Å²) in [6.07, 6.45) is 20.5. The lowest BCUT2D eigenvalue weighted by atomic mass is 10.0. The summed E-state index contributed by atoms with van der Waals surface area (Å²) >= 11 is 0. The highest BCUT2D eigenvalue weighted by Gasteiger charge is 2.41. The van der Waals surface area contributed by atoms with E-state index in [9.17, 15) is 4.79 Å². The molecule has 162 valence electrons. The van der Waals surface area contributed by atoms with Gasteiger partial charge in [-0.3, -0.25) is 9.28 Å². The standard InChI is InChI=1S/C24H45N3O/c1-5-7-8-9-10-11-12-13-14-15-16-17-18-19-24-25-20-21-27(24,6-2)22(3)26-23(4)28/h5,7,22H,6,8-21H2,1-4H3/p+1/b7-5+. The van der Waals surface area contributed by atoms with Gasteiger partial charge in [0.15, 0.2) is 12.0 Å². The van der Waals surface area contributed by atoms with Crippen molar-refractivity contribution >= 4 is 11.7 Å². The number of rotatable bonds is 16. The van der Waals surface area contributed by atoms with Crippen LogP contribution in [0.1, 0.15) is 105 Å². The minimum absolute atomic E-state index is 0.0579. The first-order valence-electron chi connectivity index (χ1n) is 11.9.